The van der Waals surface area contributed by atoms with Crippen molar-refractivity contribution in [3.63, 3.8) is 0 Å². The first-order chi connectivity index (χ1) is 16.2. The fourth-order valence-corrected chi connectivity index (χ4v) is 4.01. The minimum atomic E-state index is -0.378. The molecule has 0 spiro atoms. The fourth-order valence-electron chi connectivity index (χ4n) is 4.01. The molecule has 2 fully saturated rings. The van der Waals surface area contributed by atoms with Crippen LogP contribution < -0.4 is 10.1 Å². The Balaban J connectivity index is 1.26. The first-order valence-corrected chi connectivity index (χ1v) is 11.4. The van der Waals surface area contributed by atoms with Gasteiger partial charge in [0.1, 0.15) is 12.1 Å². The van der Waals surface area contributed by atoms with E-state index in [1.807, 2.05) is 18.2 Å². The average molecular weight is 441 g/mol. The van der Waals surface area contributed by atoms with Crippen molar-refractivity contribution in [3.05, 3.63) is 72.8 Å². The van der Waals surface area contributed by atoms with Crippen LogP contribution in [0.5, 0.6) is 5.95 Å². The Morgan fingerprint density at radius 1 is 1.03 bits per heavy atom. The second-order valence-electron chi connectivity index (χ2n) is 8.73. The maximum atomic E-state index is 12.8. The number of fused-ring (bicyclic) bond motifs is 1. The van der Waals surface area contributed by atoms with Gasteiger partial charge in [-0.1, -0.05) is 24.3 Å². The molecule has 0 saturated heterocycles. The minimum Gasteiger partial charge on any atom is -0.434 e. The second-order valence-corrected chi connectivity index (χ2v) is 8.73. The van der Waals surface area contributed by atoms with Crippen LogP contribution in [-0.4, -0.2) is 33.0 Å². The highest BCUT2D eigenvalue weighted by atomic mass is 16.6. The Kier molecular flexibility index (Phi) is 4.94. The standard InChI is InChI=1S/C26H24N4O3/c31-26(33-24-5-2-12-32-24)30(21-9-10-21)15-17-3-1-4-18(13-17)19-6-11-23-22(14-19)25(28-16-27-23)29-20-7-8-20/h1-6,11-14,16,20-21H,7-10,15H2,(H,27,28,29). The largest absolute Gasteiger partial charge is 0.434 e. The van der Waals surface area contributed by atoms with Gasteiger partial charge < -0.3 is 19.4 Å². The zero-order valence-corrected chi connectivity index (χ0v) is 18.1. The van der Waals surface area contributed by atoms with Gasteiger partial charge in [0.2, 0.25) is 0 Å². The molecule has 7 nitrogen and oxygen atoms in total. The van der Waals surface area contributed by atoms with E-state index in [4.69, 9.17) is 9.15 Å². The molecule has 2 heterocycles. The smallest absolute Gasteiger partial charge is 0.418 e. The molecular formula is C26H24N4O3. The van der Waals surface area contributed by atoms with E-state index in [1.165, 1.54) is 19.1 Å². The SMILES string of the molecule is O=C(Oc1ccco1)N(Cc1cccc(-c2ccc3ncnc(NC4CC4)c3c2)c1)C1CC1. The van der Waals surface area contributed by atoms with Crippen molar-refractivity contribution in [2.75, 3.05) is 5.32 Å². The third-order valence-electron chi connectivity index (χ3n) is 6.07. The maximum Gasteiger partial charge on any atom is 0.418 e. The Morgan fingerprint density at radius 2 is 1.91 bits per heavy atom. The van der Waals surface area contributed by atoms with Gasteiger partial charge in [-0.2, -0.15) is 0 Å². The molecule has 1 amide bonds. The molecule has 166 valence electrons. The molecule has 2 aromatic heterocycles. The molecule has 2 saturated carbocycles. The van der Waals surface area contributed by atoms with Gasteiger partial charge in [-0.05, 0) is 66.6 Å². The molecule has 0 radical (unpaired) electrons. The van der Waals surface area contributed by atoms with E-state index >= 15 is 0 Å². The summed E-state index contributed by atoms with van der Waals surface area (Å²) in [6.45, 7) is 0.489. The van der Waals surface area contributed by atoms with Crippen molar-refractivity contribution in [3.8, 4) is 17.1 Å². The highest BCUT2D eigenvalue weighted by molar-refractivity contribution is 5.92. The molecule has 2 aliphatic rings. The van der Waals surface area contributed by atoms with Crippen LogP contribution in [0.25, 0.3) is 22.0 Å². The molecular weight excluding hydrogens is 416 g/mol. The molecule has 7 heteroatoms. The van der Waals surface area contributed by atoms with Crippen molar-refractivity contribution in [2.24, 2.45) is 0 Å². The van der Waals surface area contributed by atoms with Crippen LogP contribution in [0.15, 0.2) is 71.6 Å². The molecule has 33 heavy (non-hydrogen) atoms. The van der Waals surface area contributed by atoms with E-state index in [0.29, 0.717) is 12.6 Å². The summed E-state index contributed by atoms with van der Waals surface area (Å²) in [6.07, 6.45) is 7.09. The Bertz CT molecular complexity index is 1300. The van der Waals surface area contributed by atoms with Crippen molar-refractivity contribution >= 4 is 22.8 Å². The third-order valence-corrected chi connectivity index (χ3v) is 6.07. The molecule has 0 bridgehead atoms. The van der Waals surface area contributed by atoms with Gasteiger partial charge in [0.25, 0.3) is 5.95 Å². The summed E-state index contributed by atoms with van der Waals surface area (Å²) >= 11 is 0. The molecule has 0 unspecified atom stereocenters. The third kappa shape index (κ3) is 4.39. The van der Waals surface area contributed by atoms with Crippen LogP contribution in [0.2, 0.25) is 0 Å². The van der Waals surface area contributed by atoms with E-state index in [9.17, 15) is 4.79 Å². The number of nitrogens with zero attached hydrogens (tertiary/aromatic N) is 3. The summed E-state index contributed by atoms with van der Waals surface area (Å²) < 4.78 is 10.6. The number of hydrogen-bond acceptors (Lipinski definition) is 6. The normalized spacial score (nSPS) is 15.4. The monoisotopic (exact) mass is 440 g/mol. The van der Waals surface area contributed by atoms with Gasteiger partial charge in [-0.15, -0.1) is 0 Å². The topological polar surface area (TPSA) is 80.5 Å². The predicted molar refractivity (Wildman–Crippen MR) is 125 cm³/mol. The maximum absolute atomic E-state index is 12.8. The van der Waals surface area contributed by atoms with Gasteiger partial charge in [-0.25, -0.2) is 14.8 Å². The number of carbonyl (C=O) groups excluding carboxylic acids is 1. The van der Waals surface area contributed by atoms with Gasteiger partial charge in [0.05, 0.1) is 11.8 Å². The van der Waals surface area contributed by atoms with E-state index in [-0.39, 0.29) is 18.1 Å². The van der Waals surface area contributed by atoms with E-state index in [0.717, 1.165) is 46.3 Å². The zero-order valence-electron chi connectivity index (χ0n) is 18.1. The fraction of sp³-hybridized carbons (Fsp3) is 0.269. The minimum absolute atomic E-state index is 0.213. The molecule has 2 aromatic carbocycles. The first kappa shape index (κ1) is 19.8. The number of anilines is 1. The van der Waals surface area contributed by atoms with Gasteiger partial charge in [0.15, 0.2) is 0 Å². The lowest BCUT2D eigenvalue weighted by atomic mass is 10.0. The summed E-state index contributed by atoms with van der Waals surface area (Å²) in [6, 6.07) is 18.6. The number of carbonyl (C=O) groups is 1. The zero-order chi connectivity index (χ0) is 22.2. The highest BCUT2D eigenvalue weighted by Crippen LogP contribution is 2.32. The second kappa shape index (κ2) is 8.24. The van der Waals surface area contributed by atoms with E-state index < -0.39 is 0 Å². The van der Waals surface area contributed by atoms with Crippen molar-refractivity contribution < 1.29 is 13.9 Å². The summed E-state index contributed by atoms with van der Waals surface area (Å²) in [5, 5.41) is 4.53. The van der Waals surface area contributed by atoms with Crippen LogP contribution in [-0.2, 0) is 6.54 Å². The number of nitrogens with one attached hydrogen (secondary N) is 1. The molecule has 0 atom stereocenters. The summed E-state index contributed by atoms with van der Waals surface area (Å²) in [5.41, 5.74) is 4.16. The van der Waals surface area contributed by atoms with Gasteiger partial charge in [0, 0.05) is 30.1 Å². The molecule has 2 aliphatic carbocycles. The Labute approximate surface area is 191 Å². The van der Waals surface area contributed by atoms with Crippen LogP contribution in [0.4, 0.5) is 10.6 Å². The molecule has 6 rings (SSSR count). The summed E-state index contributed by atoms with van der Waals surface area (Å²) in [5.74, 6) is 1.11. The highest BCUT2D eigenvalue weighted by Gasteiger charge is 2.34. The summed E-state index contributed by atoms with van der Waals surface area (Å²) in [4.78, 5) is 23.4. The predicted octanol–water partition coefficient (Wildman–Crippen LogP) is 5.63. The molecule has 0 aliphatic heterocycles. The number of ether oxygens (including phenoxy) is 1. The first-order valence-electron chi connectivity index (χ1n) is 11.4. The van der Waals surface area contributed by atoms with Crippen molar-refractivity contribution in [2.45, 2.75) is 44.3 Å². The van der Waals surface area contributed by atoms with Crippen LogP contribution in [0.3, 0.4) is 0 Å². The van der Waals surface area contributed by atoms with E-state index in [1.54, 1.807) is 23.4 Å². The average Bonchev–Trinajstić information content (AvgIpc) is 3.78. The lowest BCUT2D eigenvalue weighted by molar-refractivity contribution is 0.135. The number of furan rings is 1. The van der Waals surface area contributed by atoms with Crippen LogP contribution in [0, 0.1) is 0 Å². The van der Waals surface area contributed by atoms with Crippen LogP contribution in [0.1, 0.15) is 31.2 Å². The number of aromatic nitrogens is 2. The van der Waals surface area contributed by atoms with Crippen molar-refractivity contribution in [1.29, 1.82) is 0 Å². The summed E-state index contributed by atoms with van der Waals surface area (Å²) in [7, 11) is 0. The van der Waals surface area contributed by atoms with Crippen LogP contribution >= 0.6 is 0 Å². The number of benzene rings is 2. The quantitative estimate of drug-likeness (QED) is 0.401. The number of rotatable bonds is 7. The lowest BCUT2D eigenvalue weighted by Gasteiger charge is -2.21. The van der Waals surface area contributed by atoms with Gasteiger partial charge >= 0.3 is 6.09 Å². The van der Waals surface area contributed by atoms with Crippen molar-refractivity contribution in [1.82, 2.24) is 14.9 Å². The molecule has 4 aromatic rings. The molecule has 1 N–H and O–H groups in total. The number of amides is 1. The lowest BCUT2D eigenvalue weighted by Crippen LogP contribution is -2.34. The van der Waals surface area contributed by atoms with Gasteiger partial charge in [-0.3, -0.25) is 0 Å². The number of hydrogen-bond donors (Lipinski definition) is 1. The Hall–Kier alpha value is -3.87. The van der Waals surface area contributed by atoms with E-state index in [2.05, 4.69) is 39.6 Å². The Morgan fingerprint density at radius 3 is 2.70 bits per heavy atom.